The molecule has 0 aliphatic heterocycles. The molecule has 84 valence electrons. The van der Waals surface area contributed by atoms with Crippen LogP contribution in [0, 0.1) is 0 Å². The van der Waals surface area contributed by atoms with Crippen LogP contribution < -0.4 is 5.73 Å². The lowest BCUT2D eigenvalue weighted by Crippen LogP contribution is -2.19. The highest BCUT2D eigenvalue weighted by Gasteiger charge is 2.41. The van der Waals surface area contributed by atoms with E-state index in [0.717, 1.165) is 19.3 Å². The quantitative estimate of drug-likeness (QED) is 0.833. The van der Waals surface area contributed by atoms with Gasteiger partial charge in [0.2, 0.25) is 0 Å². The zero-order valence-corrected chi connectivity index (χ0v) is 9.83. The minimum atomic E-state index is -0.0850. The van der Waals surface area contributed by atoms with Crippen LogP contribution in [0.3, 0.4) is 0 Å². The zero-order chi connectivity index (χ0) is 11.3. The summed E-state index contributed by atoms with van der Waals surface area (Å²) >= 11 is 0. The first-order valence-corrected chi connectivity index (χ1v) is 5.89. The highest BCUT2D eigenvalue weighted by Crippen LogP contribution is 2.45. The number of benzene rings is 1. The van der Waals surface area contributed by atoms with Crippen LogP contribution in [0.25, 0.3) is 10.9 Å². The van der Waals surface area contributed by atoms with Crippen LogP contribution in [0.15, 0.2) is 18.2 Å². The number of fused-ring (bicyclic) bond motifs is 1. The fourth-order valence-corrected chi connectivity index (χ4v) is 2.48. The Bertz CT molecular complexity index is 550. The van der Waals surface area contributed by atoms with Crippen molar-refractivity contribution in [1.82, 2.24) is 9.78 Å². The Balaban J connectivity index is 2.34. The van der Waals surface area contributed by atoms with Gasteiger partial charge < -0.3 is 5.73 Å². The Morgan fingerprint density at radius 3 is 2.81 bits per heavy atom. The van der Waals surface area contributed by atoms with Crippen LogP contribution in [-0.2, 0) is 19.0 Å². The number of hydrogen-bond donors (Lipinski definition) is 1. The van der Waals surface area contributed by atoms with Gasteiger partial charge in [-0.25, -0.2) is 0 Å². The van der Waals surface area contributed by atoms with Crippen LogP contribution in [0.4, 0.5) is 0 Å². The van der Waals surface area contributed by atoms with E-state index in [0.29, 0.717) is 0 Å². The van der Waals surface area contributed by atoms with E-state index in [2.05, 4.69) is 30.2 Å². The number of nitrogens with two attached hydrogens (primary N) is 1. The van der Waals surface area contributed by atoms with E-state index >= 15 is 0 Å². The van der Waals surface area contributed by atoms with E-state index in [-0.39, 0.29) is 5.54 Å². The summed E-state index contributed by atoms with van der Waals surface area (Å²) in [7, 11) is 2.01. The molecule has 1 aromatic carbocycles. The fourth-order valence-electron chi connectivity index (χ4n) is 2.48. The van der Waals surface area contributed by atoms with Gasteiger partial charge in [-0.1, -0.05) is 25.1 Å². The monoisotopic (exact) mass is 215 g/mol. The standard InChI is InChI=1S/C13H17N3/c1-3-11-9-5-4-6-10(13(14)7-8-13)12(9)16(2)15-11/h4-6H,3,7-8,14H2,1-2H3. The van der Waals surface area contributed by atoms with Gasteiger partial charge >= 0.3 is 0 Å². The average molecular weight is 215 g/mol. The van der Waals surface area contributed by atoms with Crippen molar-refractivity contribution in [3.05, 3.63) is 29.5 Å². The Morgan fingerprint density at radius 2 is 2.19 bits per heavy atom. The van der Waals surface area contributed by atoms with Crippen LogP contribution >= 0.6 is 0 Å². The molecule has 3 rings (SSSR count). The van der Waals surface area contributed by atoms with E-state index < -0.39 is 0 Å². The first kappa shape index (κ1) is 9.85. The lowest BCUT2D eigenvalue weighted by molar-refractivity contribution is 0.721. The van der Waals surface area contributed by atoms with Gasteiger partial charge in [0.25, 0.3) is 0 Å². The van der Waals surface area contributed by atoms with E-state index in [1.54, 1.807) is 0 Å². The van der Waals surface area contributed by atoms with E-state index in [4.69, 9.17) is 5.73 Å². The summed E-state index contributed by atoms with van der Waals surface area (Å²) in [6.45, 7) is 2.14. The Hall–Kier alpha value is -1.35. The van der Waals surface area contributed by atoms with Crippen LogP contribution in [0.1, 0.15) is 31.0 Å². The third-order valence-corrected chi connectivity index (χ3v) is 3.60. The maximum Gasteiger partial charge on any atom is 0.0732 e. The molecule has 1 aliphatic carbocycles. The van der Waals surface area contributed by atoms with Crippen molar-refractivity contribution in [1.29, 1.82) is 0 Å². The van der Waals surface area contributed by atoms with Gasteiger partial charge in [-0.05, 0) is 24.8 Å². The lowest BCUT2D eigenvalue weighted by Gasteiger charge is -2.11. The van der Waals surface area contributed by atoms with Crippen LogP contribution in [0.2, 0.25) is 0 Å². The van der Waals surface area contributed by atoms with Gasteiger partial charge in [-0.2, -0.15) is 5.10 Å². The molecule has 2 N–H and O–H groups in total. The summed E-state index contributed by atoms with van der Waals surface area (Å²) < 4.78 is 1.98. The Morgan fingerprint density at radius 1 is 1.44 bits per heavy atom. The molecule has 0 saturated heterocycles. The maximum absolute atomic E-state index is 6.31. The number of nitrogens with zero attached hydrogens (tertiary/aromatic N) is 2. The highest BCUT2D eigenvalue weighted by atomic mass is 15.3. The fraction of sp³-hybridized carbons (Fsp3) is 0.462. The molecule has 0 radical (unpaired) electrons. The topological polar surface area (TPSA) is 43.8 Å². The summed E-state index contributed by atoms with van der Waals surface area (Å²) in [6, 6.07) is 6.40. The molecule has 1 fully saturated rings. The largest absolute Gasteiger partial charge is 0.321 e. The van der Waals surface area contributed by atoms with Crippen molar-refractivity contribution in [2.45, 2.75) is 31.7 Å². The van der Waals surface area contributed by atoms with Crippen LogP contribution in [-0.4, -0.2) is 9.78 Å². The molecule has 1 aliphatic rings. The molecule has 16 heavy (non-hydrogen) atoms. The van der Waals surface area contributed by atoms with Crippen molar-refractivity contribution in [3.8, 4) is 0 Å². The molecule has 0 unspecified atom stereocenters. The smallest absolute Gasteiger partial charge is 0.0732 e. The Labute approximate surface area is 95.2 Å². The number of hydrogen-bond acceptors (Lipinski definition) is 2. The molecule has 0 spiro atoms. The average Bonchev–Trinajstić information content (AvgIpc) is 2.95. The van der Waals surface area contributed by atoms with Crippen molar-refractivity contribution in [3.63, 3.8) is 0 Å². The number of aryl methyl sites for hydroxylation is 2. The third kappa shape index (κ3) is 1.21. The summed E-state index contributed by atoms with van der Waals surface area (Å²) in [6.07, 6.45) is 3.16. The van der Waals surface area contributed by atoms with Gasteiger partial charge in [0.05, 0.1) is 11.2 Å². The molecule has 3 nitrogen and oxygen atoms in total. The Kier molecular flexibility index (Phi) is 1.89. The predicted octanol–water partition coefficient (Wildman–Crippen LogP) is 2.08. The molecule has 2 aromatic rings. The first-order valence-electron chi connectivity index (χ1n) is 5.89. The molecule has 0 amide bonds. The zero-order valence-electron chi connectivity index (χ0n) is 9.83. The molecule has 0 bridgehead atoms. The summed E-state index contributed by atoms with van der Waals surface area (Å²) in [5.74, 6) is 0. The molecular formula is C13H17N3. The van der Waals surface area contributed by atoms with E-state index in [1.807, 2.05) is 11.7 Å². The van der Waals surface area contributed by atoms with E-state index in [9.17, 15) is 0 Å². The third-order valence-electron chi connectivity index (χ3n) is 3.60. The van der Waals surface area contributed by atoms with Gasteiger partial charge in [-0.15, -0.1) is 0 Å². The van der Waals surface area contributed by atoms with Gasteiger partial charge in [0.15, 0.2) is 0 Å². The second-order valence-electron chi connectivity index (χ2n) is 4.78. The molecule has 0 atom stereocenters. The van der Waals surface area contributed by atoms with Crippen molar-refractivity contribution >= 4 is 10.9 Å². The first-order chi connectivity index (χ1) is 7.65. The summed E-state index contributed by atoms with van der Waals surface area (Å²) in [4.78, 5) is 0. The molecule has 1 heterocycles. The minimum absolute atomic E-state index is 0.0850. The van der Waals surface area contributed by atoms with Gasteiger partial charge in [0.1, 0.15) is 0 Å². The molecular weight excluding hydrogens is 198 g/mol. The van der Waals surface area contributed by atoms with Crippen molar-refractivity contribution in [2.75, 3.05) is 0 Å². The normalized spacial score (nSPS) is 17.9. The van der Waals surface area contributed by atoms with Crippen LogP contribution in [0.5, 0.6) is 0 Å². The lowest BCUT2D eigenvalue weighted by atomic mass is 10.0. The second-order valence-corrected chi connectivity index (χ2v) is 4.78. The van der Waals surface area contributed by atoms with E-state index in [1.165, 1.54) is 22.2 Å². The molecule has 1 saturated carbocycles. The SMILES string of the molecule is CCc1nn(C)c2c(C3(N)CC3)cccc12. The van der Waals surface area contributed by atoms with Crippen molar-refractivity contribution in [2.24, 2.45) is 12.8 Å². The number of para-hydroxylation sites is 1. The predicted molar refractivity (Wildman–Crippen MR) is 65.2 cm³/mol. The maximum atomic E-state index is 6.31. The summed E-state index contributed by atoms with van der Waals surface area (Å²) in [5.41, 5.74) is 9.88. The number of rotatable bonds is 2. The van der Waals surface area contributed by atoms with Gasteiger partial charge in [-0.3, -0.25) is 4.68 Å². The summed E-state index contributed by atoms with van der Waals surface area (Å²) in [5, 5.41) is 5.83. The highest BCUT2D eigenvalue weighted by molar-refractivity contribution is 5.86. The van der Waals surface area contributed by atoms with Crippen molar-refractivity contribution < 1.29 is 0 Å². The minimum Gasteiger partial charge on any atom is -0.321 e. The van der Waals surface area contributed by atoms with Gasteiger partial charge in [0, 0.05) is 18.0 Å². The molecule has 1 aromatic heterocycles. The molecule has 3 heteroatoms. The number of aromatic nitrogens is 2. The second kappa shape index (κ2) is 3.08.